The molecule has 0 aliphatic rings. The molecule has 0 aliphatic heterocycles. The average molecular weight is 286 g/mol. The van der Waals surface area contributed by atoms with Crippen LogP contribution < -0.4 is 0 Å². The molecule has 0 heterocycles. The van der Waals surface area contributed by atoms with Gasteiger partial charge in [0.25, 0.3) is 0 Å². The Morgan fingerprint density at radius 1 is 0.905 bits per heavy atom. The molecule has 0 radical (unpaired) electrons. The molecule has 2 aromatic carbocycles. The molecule has 21 heavy (non-hydrogen) atoms. The molecule has 0 unspecified atom stereocenters. The Morgan fingerprint density at radius 3 is 2.10 bits per heavy atom. The second kappa shape index (κ2) is 5.28. The lowest BCUT2D eigenvalue weighted by atomic mass is 9.91. The van der Waals surface area contributed by atoms with Gasteiger partial charge >= 0.3 is 11.9 Å². The second-order valence-electron chi connectivity index (χ2n) is 4.81. The summed E-state index contributed by atoms with van der Waals surface area (Å²) in [5.41, 5.74) is 2.32. The molecule has 0 aliphatic carbocycles. The van der Waals surface area contributed by atoms with Gasteiger partial charge in [0.2, 0.25) is 0 Å². The lowest BCUT2D eigenvalue weighted by Gasteiger charge is -2.13. The van der Waals surface area contributed by atoms with Gasteiger partial charge in [-0.05, 0) is 60.4 Å². The number of rotatable bonds is 3. The summed E-state index contributed by atoms with van der Waals surface area (Å²) in [7, 11) is 0. The number of benzene rings is 2. The van der Waals surface area contributed by atoms with E-state index in [1.165, 1.54) is 12.1 Å². The van der Waals surface area contributed by atoms with Gasteiger partial charge in [-0.15, -0.1) is 0 Å². The first kappa shape index (κ1) is 14.6. The van der Waals surface area contributed by atoms with Crippen molar-refractivity contribution in [2.45, 2.75) is 13.8 Å². The summed E-state index contributed by atoms with van der Waals surface area (Å²) in [5.74, 6) is -2.26. The highest BCUT2D eigenvalue weighted by Crippen LogP contribution is 2.31. The fourth-order valence-electron chi connectivity index (χ4n) is 2.29. The van der Waals surface area contributed by atoms with Crippen LogP contribution >= 0.6 is 0 Å². The third-order valence-corrected chi connectivity index (χ3v) is 3.39. The predicted molar refractivity (Wildman–Crippen MR) is 76.9 cm³/mol. The maximum absolute atomic E-state index is 11.3. The molecular formula is C16H14O5. The number of phenolic OH excluding ortho intramolecular Hbond substituents is 1. The van der Waals surface area contributed by atoms with Crippen molar-refractivity contribution in [2.75, 3.05) is 0 Å². The number of aromatic hydroxyl groups is 1. The van der Waals surface area contributed by atoms with Crippen LogP contribution in [0.3, 0.4) is 0 Å². The van der Waals surface area contributed by atoms with Crippen LogP contribution in [0.25, 0.3) is 11.1 Å². The highest BCUT2D eigenvalue weighted by atomic mass is 16.4. The Bertz CT molecular complexity index is 747. The molecule has 0 saturated carbocycles. The summed E-state index contributed by atoms with van der Waals surface area (Å²) in [6.45, 7) is 3.40. The summed E-state index contributed by atoms with van der Waals surface area (Å²) in [4.78, 5) is 22.5. The lowest BCUT2D eigenvalue weighted by molar-refractivity contribution is 0.0695. The molecule has 5 nitrogen and oxygen atoms in total. The van der Waals surface area contributed by atoms with E-state index in [-0.39, 0.29) is 16.9 Å². The first-order valence-corrected chi connectivity index (χ1v) is 6.22. The van der Waals surface area contributed by atoms with E-state index in [0.29, 0.717) is 16.7 Å². The topological polar surface area (TPSA) is 94.8 Å². The summed E-state index contributed by atoms with van der Waals surface area (Å²) in [6.07, 6.45) is 0. The van der Waals surface area contributed by atoms with Gasteiger partial charge in [0.05, 0.1) is 11.1 Å². The third kappa shape index (κ3) is 2.72. The van der Waals surface area contributed by atoms with Crippen molar-refractivity contribution in [2.24, 2.45) is 0 Å². The van der Waals surface area contributed by atoms with Gasteiger partial charge < -0.3 is 15.3 Å². The van der Waals surface area contributed by atoms with Gasteiger partial charge in [0, 0.05) is 0 Å². The van der Waals surface area contributed by atoms with Crippen LogP contribution in [0.2, 0.25) is 0 Å². The number of aryl methyl sites for hydroxylation is 1. The molecule has 2 rings (SSSR count). The van der Waals surface area contributed by atoms with Gasteiger partial charge in [-0.1, -0.05) is 6.07 Å². The predicted octanol–water partition coefficient (Wildman–Crippen LogP) is 3.07. The molecule has 108 valence electrons. The largest absolute Gasteiger partial charge is 0.508 e. The number of carboxylic acids is 2. The maximum atomic E-state index is 11.3. The zero-order valence-corrected chi connectivity index (χ0v) is 11.5. The summed E-state index contributed by atoms with van der Waals surface area (Å²) < 4.78 is 0. The molecule has 0 atom stereocenters. The highest BCUT2D eigenvalue weighted by molar-refractivity contribution is 5.98. The average Bonchev–Trinajstić information content (AvgIpc) is 2.39. The molecule has 5 heteroatoms. The van der Waals surface area contributed by atoms with Gasteiger partial charge in [-0.3, -0.25) is 0 Å². The number of hydrogen-bond donors (Lipinski definition) is 3. The zero-order valence-electron chi connectivity index (χ0n) is 11.5. The van der Waals surface area contributed by atoms with Crippen molar-refractivity contribution in [3.8, 4) is 16.9 Å². The molecule has 0 saturated heterocycles. The molecule has 0 bridgehead atoms. The Morgan fingerprint density at radius 2 is 1.57 bits per heavy atom. The van der Waals surface area contributed by atoms with E-state index in [1.54, 1.807) is 26.0 Å². The number of carboxylic acid groups (broad SMARTS) is 2. The van der Waals surface area contributed by atoms with Crippen molar-refractivity contribution < 1.29 is 24.9 Å². The Kier molecular flexibility index (Phi) is 3.67. The van der Waals surface area contributed by atoms with Crippen LogP contribution in [0, 0.1) is 13.8 Å². The van der Waals surface area contributed by atoms with E-state index in [2.05, 4.69) is 0 Å². The van der Waals surface area contributed by atoms with Crippen LogP contribution in [0.1, 0.15) is 31.8 Å². The number of carbonyl (C=O) groups is 2. The van der Waals surface area contributed by atoms with Gasteiger partial charge in [0.15, 0.2) is 0 Å². The molecule has 0 amide bonds. The Balaban J connectivity index is 2.78. The highest BCUT2D eigenvalue weighted by Gasteiger charge is 2.17. The van der Waals surface area contributed by atoms with Crippen molar-refractivity contribution in [1.82, 2.24) is 0 Å². The standard InChI is InChI=1S/C16H14O5/c1-8-5-11(17)3-4-12(8)13-6-10(15(18)19)7-14(9(13)2)16(20)21/h3-7,17H,1-2H3,(H,18,19)(H,20,21). The normalized spacial score (nSPS) is 10.4. The Labute approximate surface area is 121 Å². The lowest BCUT2D eigenvalue weighted by Crippen LogP contribution is -2.06. The number of phenols is 1. The van der Waals surface area contributed by atoms with E-state index in [4.69, 9.17) is 5.11 Å². The van der Waals surface area contributed by atoms with Gasteiger partial charge in [-0.25, -0.2) is 9.59 Å². The molecule has 0 fully saturated rings. The smallest absolute Gasteiger partial charge is 0.335 e. The monoisotopic (exact) mass is 286 g/mol. The van der Waals surface area contributed by atoms with Gasteiger partial charge in [0.1, 0.15) is 5.75 Å². The van der Waals surface area contributed by atoms with E-state index in [9.17, 15) is 19.8 Å². The minimum Gasteiger partial charge on any atom is -0.508 e. The fourth-order valence-corrected chi connectivity index (χ4v) is 2.29. The van der Waals surface area contributed by atoms with E-state index in [0.717, 1.165) is 11.6 Å². The van der Waals surface area contributed by atoms with Crippen LogP contribution in [0.5, 0.6) is 5.75 Å². The summed E-state index contributed by atoms with van der Waals surface area (Å²) in [6, 6.07) is 7.27. The molecule has 0 spiro atoms. The maximum Gasteiger partial charge on any atom is 0.335 e. The molecule has 3 N–H and O–H groups in total. The van der Waals surface area contributed by atoms with Crippen LogP contribution in [0.15, 0.2) is 30.3 Å². The molecular weight excluding hydrogens is 272 g/mol. The van der Waals surface area contributed by atoms with E-state index < -0.39 is 11.9 Å². The minimum atomic E-state index is -1.19. The summed E-state index contributed by atoms with van der Waals surface area (Å²) >= 11 is 0. The van der Waals surface area contributed by atoms with E-state index >= 15 is 0 Å². The quantitative estimate of drug-likeness (QED) is 0.806. The SMILES string of the molecule is Cc1cc(O)ccc1-c1cc(C(=O)O)cc(C(=O)O)c1C. The second-order valence-corrected chi connectivity index (χ2v) is 4.81. The first-order chi connectivity index (χ1) is 9.81. The van der Waals surface area contributed by atoms with E-state index in [1.807, 2.05) is 0 Å². The van der Waals surface area contributed by atoms with Crippen LogP contribution in [0.4, 0.5) is 0 Å². The first-order valence-electron chi connectivity index (χ1n) is 6.22. The molecule has 2 aromatic rings. The third-order valence-electron chi connectivity index (χ3n) is 3.39. The number of hydrogen-bond acceptors (Lipinski definition) is 3. The zero-order chi connectivity index (χ0) is 15.7. The minimum absolute atomic E-state index is 0.0441. The van der Waals surface area contributed by atoms with Crippen LogP contribution in [-0.4, -0.2) is 27.3 Å². The van der Waals surface area contributed by atoms with Crippen molar-refractivity contribution >= 4 is 11.9 Å². The number of aromatic carboxylic acids is 2. The molecule has 0 aromatic heterocycles. The fraction of sp³-hybridized carbons (Fsp3) is 0.125. The van der Waals surface area contributed by atoms with Crippen molar-refractivity contribution in [3.63, 3.8) is 0 Å². The van der Waals surface area contributed by atoms with Crippen molar-refractivity contribution in [3.05, 3.63) is 52.6 Å². The Hall–Kier alpha value is -2.82. The summed E-state index contributed by atoms with van der Waals surface area (Å²) in [5, 5.41) is 27.8. The van der Waals surface area contributed by atoms with Gasteiger partial charge in [-0.2, -0.15) is 0 Å². The van der Waals surface area contributed by atoms with Crippen LogP contribution in [-0.2, 0) is 0 Å². The van der Waals surface area contributed by atoms with Crippen molar-refractivity contribution in [1.29, 1.82) is 0 Å².